The summed E-state index contributed by atoms with van der Waals surface area (Å²) >= 11 is 0. The topological polar surface area (TPSA) is 33.7 Å². The van der Waals surface area contributed by atoms with Crippen molar-refractivity contribution < 1.29 is 13.9 Å². The molecule has 0 aromatic heterocycles. The van der Waals surface area contributed by atoms with Gasteiger partial charge < -0.3 is 14.8 Å². The molecule has 2 rings (SSSR count). The van der Waals surface area contributed by atoms with Crippen molar-refractivity contribution in [2.75, 3.05) is 33.9 Å². The van der Waals surface area contributed by atoms with E-state index < -0.39 is 0 Å². The van der Waals surface area contributed by atoms with Gasteiger partial charge in [-0.1, -0.05) is 0 Å². The molecule has 1 saturated heterocycles. The Balaban J connectivity index is 2.24. The Morgan fingerprint density at radius 3 is 2.81 bits per heavy atom. The molecule has 0 bridgehead atoms. The average molecular weight is 296 g/mol. The zero-order chi connectivity index (χ0) is 15.4. The lowest BCUT2D eigenvalue weighted by molar-refractivity contribution is -0.0553. The van der Waals surface area contributed by atoms with Crippen LogP contribution in [0.1, 0.15) is 25.5 Å². The van der Waals surface area contributed by atoms with Gasteiger partial charge in [-0.15, -0.1) is 0 Å². The maximum absolute atomic E-state index is 13.6. The lowest BCUT2D eigenvalue weighted by atomic mass is 9.98. The fourth-order valence-corrected chi connectivity index (χ4v) is 2.86. The standard InChI is InChI=1S/C16H25FN2O2/c1-11(2)19-7-8-21-15(10-19)16(18-3)13-9-12(17)5-6-14(13)20-4/h5-6,9,11,15-16,18H,7-8,10H2,1-4H3. The molecule has 0 aliphatic carbocycles. The van der Waals surface area contributed by atoms with E-state index in [2.05, 4.69) is 24.1 Å². The molecule has 1 heterocycles. The predicted octanol–water partition coefficient (Wildman–Crippen LogP) is 2.20. The lowest BCUT2D eigenvalue weighted by Gasteiger charge is -2.39. The summed E-state index contributed by atoms with van der Waals surface area (Å²) in [6, 6.07) is 4.98. The second kappa shape index (κ2) is 7.20. The Morgan fingerprint density at radius 1 is 1.43 bits per heavy atom. The van der Waals surface area contributed by atoms with E-state index in [1.807, 2.05) is 7.05 Å². The molecule has 0 radical (unpaired) electrons. The van der Waals surface area contributed by atoms with E-state index in [9.17, 15) is 4.39 Å². The second-order valence-electron chi connectivity index (χ2n) is 5.65. The van der Waals surface area contributed by atoms with Crippen molar-refractivity contribution in [2.45, 2.75) is 32.0 Å². The number of rotatable bonds is 5. The Hall–Kier alpha value is -1.17. The highest BCUT2D eigenvalue weighted by molar-refractivity contribution is 5.37. The quantitative estimate of drug-likeness (QED) is 0.903. The number of ether oxygens (including phenoxy) is 2. The molecule has 1 fully saturated rings. The van der Waals surface area contributed by atoms with Crippen molar-refractivity contribution in [1.29, 1.82) is 0 Å². The molecule has 2 unspecified atom stereocenters. The van der Waals surface area contributed by atoms with Gasteiger partial charge in [0.25, 0.3) is 0 Å². The van der Waals surface area contributed by atoms with E-state index >= 15 is 0 Å². The minimum atomic E-state index is -0.262. The Morgan fingerprint density at radius 2 is 2.19 bits per heavy atom. The van der Waals surface area contributed by atoms with Gasteiger partial charge in [-0.05, 0) is 39.1 Å². The summed E-state index contributed by atoms with van der Waals surface area (Å²) in [7, 11) is 3.47. The van der Waals surface area contributed by atoms with Crippen LogP contribution in [0, 0.1) is 5.82 Å². The van der Waals surface area contributed by atoms with Gasteiger partial charge in [0.2, 0.25) is 0 Å². The molecule has 1 aliphatic rings. The largest absolute Gasteiger partial charge is 0.496 e. The van der Waals surface area contributed by atoms with Gasteiger partial charge in [-0.25, -0.2) is 4.39 Å². The molecule has 1 N–H and O–H groups in total. The number of nitrogens with zero attached hydrogens (tertiary/aromatic N) is 1. The van der Waals surface area contributed by atoms with Crippen molar-refractivity contribution >= 4 is 0 Å². The number of nitrogens with one attached hydrogen (secondary N) is 1. The molecule has 1 aromatic rings. The third kappa shape index (κ3) is 3.73. The fraction of sp³-hybridized carbons (Fsp3) is 0.625. The monoisotopic (exact) mass is 296 g/mol. The Kier molecular flexibility index (Phi) is 5.56. The molecule has 0 amide bonds. The molecule has 0 saturated carbocycles. The summed E-state index contributed by atoms with van der Waals surface area (Å²) in [5, 5.41) is 3.25. The molecule has 4 nitrogen and oxygen atoms in total. The number of benzene rings is 1. The van der Waals surface area contributed by atoms with Crippen LogP contribution in [0.4, 0.5) is 4.39 Å². The molecular weight excluding hydrogens is 271 g/mol. The van der Waals surface area contributed by atoms with Crippen LogP contribution in [-0.4, -0.2) is 50.9 Å². The maximum Gasteiger partial charge on any atom is 0.123 e. The SMILES string of the molecule is CNC(c1cc(F)ccc1OC)C1CN(C(C)C)CCO1. The van der Waals surface area contributed by atoms with Gasteiger partial charge in [0, 0.05) is 24.7 Å². The molecular formula is C16H25FN2O2. The van der Waals surface area contributed by atoms with Gasteiger partial charge in [0.1, 0.15) is 11.6 Å². The highest BCUT2D eigenvalue weighted by Crippen LogP contribution is 2.30. The zero-order valence-electron chi connectivity index (χ0n) is 13.2. The van der Waals surface area contributed by atoms with Crippen LogP contribution in [0.25, 0.3) is 0 Å². The normalized spacial score (nSPS) is 21.5. The first-order valence-corrected chi connectivity index (χ1v) is 7.43. The molecule has 118 valence electrons. The van der Waals surface area contributed by atoms with Crippen LogP contribution in [0.2, 0.25) is 0 Å². The van der Waals surface area contributed by atoms with Crippen molar-refractivity contribution in [1.82, 2.24) is 10.2 Å². The molecule has 21 heavy (non-hydrogen) atoms. The molecule has 1 aromatic carbocycles. The van der Waals surface area contributed by atoms with Crippen molar-refractivity contribution in [3.63, 3.8) is 0 Å². The van der Waals surface area contributed by atoms with Crippen LogP contribution in [0.15, 0.2) is 18.2 Å². The Bertz CT molecular complexity index is 468. The second-order valence-corrected chi connectivity index (χ2v) is 5.65. The highest BCUT2D eigenvalue weighted by Gasteiger charge is 2.31. The number of hydrogen-bond acceptors (Lipinski definition) is 4. The number of morpholine rings is 1. The molecule has 2 atom stereocenters. The first kappa shape index (κ1) is 16.2. The van der Waals surface area contributed by atoms with Crippen LogP contribution in [0.3, 0.4) is 0 Å². The Labute approximate surface area is 126 Å². The van der Waals surface area contributed by atoms with Crippen molar-refractivity contribution in [3.8, 4) is 5.75 Å². The van der Waals surface area contributed by atoms with Crippen LogP contribution in [0.5, 0.6) is 5.75 Å². The predicted molar refractivity (Wildman–Crippen MR) is 81.2 cm³/mol. The average Bonchev–Trinajstić information content (AvgIpc) is 2.48. The van der Waals surface area contributed by atoms with E-state index in [1.165, 1.54) is 12.1 Å². The minimum absolute atomic E-state index is 0.0261. The first-order chi connectivity index (χ1) is 10.1. The number of likely N-dealkylation sites (N-methyl/N-ethyl adjacent to an activating group) is 1. The van der Waals surface area contributed by atoms with Gasteiger partial charge in [0.05, 0.1) is 25.9 Å². The minimum Gasteiger partial charge on any atom is -0.496 e. The zero-order valence-corrected chi connectivity index (χ0v) is 13.2. The van der Waals surface area contributed by atoms with E-state index in [4.69, 9.17) is 9.47 Å². The summed E-state index contributed by atoms with van der Waals surface area (Å²) in [6.07, 6.45) is -0.0261. The van der Waals surface area contributed by atoms with E-state index in [-0.39, 0.29) is 18.0 Å². The van der Waals surface area contributed by atoms with Crippen LogP contribution in [-0.2, 0) is 4.74 Å². The van der Waals surface area contributed by atoms with Crippen molar-refractivity contribution in [3.05, 3.63) is 29.6 Å². The molecule has 1 aliphatic heterocycles. The van der Waals surface area contributed by atoms with E-state index in [1.54, 1.807) is 13.2 Å². The van der Waals surface area contributed by atoms with Gasteiger partial charge in [-0.2, -0.15) is 0 Å². The summed E-state index contributed by atoms with van der Waals surface area (Å²) in [6.45, 7) is 6.81. The third-order valence-corrected chi connectivity index (χ3v) is 4.06. The molecule has 5 heteroatoms. The summed E-state index contributed by atoms with van der Waals surface area (Å²) in [5.41, 5.74) is 0.801. The maximum atomic E-state index is 13.6. The smallest absolute Gasteiger partial charge is 0.123 e. The van der Waals surface area contributed by atoms with Gasteiger partial charge in [0.15, 0.2) is 0 Å². The van der Waals surface area contributed by atoms with E-state index in [0.29, 0.717) is 18.4 Å². The third-order valence-electron chi connectivity index (χ3n) is 4.06. The number of hydrogen-bond donors (Lipinski definition) is 1. The summed E-state index contributed by atoms with van der Waals surface area (Å²) in [4.78, 5) is 2.38. The first-order valence-electron chi connectivity index (χ1n) is 7.43. The lowest BCUT2D eigenvalue weighted by Crippen LogP contribution is -2.50. The van der Waals surface area contributed by atoms with Gasteiger partial charge >= 0.3 is 0 Å². The van der Waals surface area contributed by atoms with Gasteiger partial charge in [-0.3, -0.25) is 4.90 Å². The number of methoxy groups -OCH3 is 1. The summed E-state index contributed by atoms with van der Waals surface area (Å²) in [5.74, 6) is 0.420. The fourth-order valence-electron chi connectivity index (χ4n) is 2.86. The summed E-state index contributed by atoms with van der Waals surface area (Å²) < 4.78 is 24.9. The van der Waals surface area contributed by atoms with Crippen LogP contribution >= 0.6 is 0 Å². The number of halogens is 1. The van der Waals surface area contributed by atoms with E-state index in [0.717, 1.165) is 18.7 Å². The highest BCUT2D eigenvalue weighted by atomic mass is 19.1. The van der Waals surface area contributed by atoms with Crippen LogP contribution < -0.4 is 10.1 Å². The molecule has 0 spiro atoms. The van der Waals surface area contributed by atoms with Crippen molar-refractivity contribution in [2.24, 2.45) is 0 Å².